The molecule has 4 N–H and O–H groups in total. The molecule has 0 bridgehead atoms. The SMILES string of the molecule is CC1=NC(=S)N(NC(=S)Nc2ccccc2)C(=O)C1N=Nc1ccc([NH+]([O-])O)cc1. The number of nitrogens with zero attached hydrogens (tertiary/aromatic N) is 4. The monoisotopic (exact) mass is 443 g/mol. The molecule has 1 heterocycles. The van der Waals surface area contributed by atoms with Crippen molar-refractivity contribution in [2.24, 2.45) is 15.2 Å². The van der Waals surface area contributed by atoms with Crippen LogP contribution in [0.3, 0.4) is 0 Å². The van der Waals surface area contributed by atoms with E-state index in [9.17, 15) is 10.0 Å². The molecule has 0 aliphatic carbocycles. The first-order valence-corrected chi connectivity index (χ1v) is 9.47. The van der Waals surface area contributed by atoms with Gasteiger partial charge in [-0.2, -0.15) is 20.5 Å². The predicted molar refractivity (Wildman–Crippen MR) is 119 cm³/mol. The number of azo groups is 1. The maximum absolute atomic E-state index is 12.9. The topological polar surface area (TPSA) is 129 Å². The molecule has 1 aliphatic heterocycles. The normalized spacial score (nSPS) is 17.6. The Bertz CT molecular complexity index is 1010. The lowest BCUT2D eigenvalue weighted by molar-refractivity contribution is -0.991. The Labute approximate surface area is 182 Å². The van der Waals surface area contributed by atoms with E-state index >= 15 is 0 Å². The Morgan fingerprint density at radius 3 is 2.53 bits per heavy atom. The second-order valence-corrected chi connectivity index (χ2v) is 6.88. The lowest BCUT2D eigenvalue weighted by Gasteiger charge is -2.29. The zero-order valence-electron chi connectivity index (χ0n) is 15.6. The molecule has 0 saturated carbocycles. The first kappa shape index (κ1) is 21.5. The summed E-state index contributed by atoms with van der Waals surface area (Å²) in [5, 5.41) is 31.0. The van der Waals surface area contributed by atoms with Crippen molar-refractivity contribution in [3.8, 4) is 0 Å². The molecule has 0 radical (unpaired) electrons. The Balaban J connectivity index is 1.71. The number of carbonyl (C=O) groups excluding carboxylic acids is 1. The molecule has 10 nitrogen and oxygen atoms in total. The van der Waals surface area contributed by atoms with Gasteiger partial charge in [-0.25, -0.2) is 10.2 Å². The van der Waals surface area contributed by atoms with Crippen molar-refractivity contribution in [1.82, 2.24) is 10.4 Å². The number of rotatable bonds is 5. The molecule has 30 heavy (non-hydrogen) atoms. The van der Waals surface area contributed by atoms with Crippen LogP contribution in [0.5, 0.6) is 0 Å². The zero-order chi connectivity index (χ0) is 21.7. The van der Waals surface area contributed by atoms with Crippen LogP contribution in [-0.4, -0.2) is 38.1 Å². The van der Waals surface area contributed by atoms with Gasteiger partial charge >= 0.3 is 0 Å². The quantitative estimate of drug-likeness (QED) is 0.316. The highest BCUT2D eigenvalue weighted by atomic mass is 32.1. The van der Waals surface area contributed by atoms with Crippen LogP contribution in [-0.2, 0) is 4.79 Å². The number of benzene rings is 2. The van der Waals surface area contributed by atoms with Crippen LogP contribution in [0, 0.1) is 5.21 Å². The average Bonchev–Trinajstić information content (AvgIpc) is 2.72. The Hall–Kier alpha value is -3.16. The summed E-state index contributed by atoms with van der Waals surface area (Å²) in [4.78, 5) is 17.1. The lowest BCUT2D eigenvalue weighted by Crippen LogP contribution is -2.99. The summed E-state index contributed by atoms with van der Waals surface area (Å²) in [6.07, 6.45) is 0. The lowest BCUT2D eigenvalue weighted by atomic mass is 10.1. The molecule has 3 rings (SSSR count). The molecule has 0 aromatic heterocycles. The van der Waals surface area contributed by atoms with Gasteiger partial charge in [-0.1, -0.05) is 18.2 Å². The van der Waals surface area contributed by atoms with Crippen LogP contribution in [0.4, 0.5) is 17.1 Å². The fourth-order valence-electron chi connectivity index (χ4n) is 2.47. The van der Waals surface area contributed by atoms with Gasteiger partial charge in [0.15, 0.2) is 16.8 Å². The second-order valence-electron chi connectivity index (χ2n) is 6.11. The Morgan fingerprint density at radius 1 is 1.23 bits per heavy atom. The summed E-state index contributed by atoms with van der Waals surface area (Å²) in [6, 6.07) is 14.0. The Morgan fingerprint density at radius 2 is 1.90 bits per heavy atom. The van der Waals surface area contributed by atoms with Crippen LogP contribution in [0.15, 0.2) is 69.8 Å². The maximum Gasteiger partial charge on any atom is 0.280 e. The number of nitrogens with one attached hydrogen (secondary N) is 3. The summed E-state index contributed by atoms with van der Waals surface area (Å²) in [7, 11) is 0. The minimum atomic E-state index is -1.04. The fourth-order valence-corrected chi connectivity index (χ4v) is 2.96. The van der Waals surface area contributed by atoms with E-state index < -0.39 is 17.2 Å². The van der Waals surface area contributed by atoms with E-state index in [0.717, 1.165) is 10.7 Å². The van der Waals surface area contributed by atoms with E-state index in [1.54, 1.807) is 6.92 Å². The molecule has 2 aromatic carbocycles. The number of anilines is 1. The summed E-state index contributed by atoms with van der Waals surface area (Å²) < 4.78 is 0. The molecular weight excluding hydrogens is 426 g/mol. The van der Waals surface area contributed by atoms with Crippen molar-refractivity contribution < 1.29 is 15.2 Å². The molecule has 2 unspecified atom stereocenters. The maximum atomic E-state index is 12.9. The number of thiocarbonyl (C=S) groups is 2. The number of hydrogen-bond acceptors (Lipinski definition) is 7. The van der Waals surface area contributed by atoms with E-state index in [-0.39, 0.29) is 15.9 Å². The summed E-state index contributed by atoms with van der Waals surface area (Å²) in [6.45, 7) is 1.62. The number of aliphatic imine (C=N–C) groups is 1. The van der Waals surface area contributed by atoms with Crippen molar-refractivity contribution in [3.05, 3.63) is 59.8 Å². The van der Waals surface area contributed by atoms with Crippen molar-refractivity contribution in [3.63, 3.8) is 0 Å². The third kappa shape index (κ3) is 5.25. The van der Waals surface area contributed by atoms with Gasteiger partial charge in [-0.05, 0) is 55.6 Å². The highest BCUT2D eigenvalue weighted by Crippen LogP contribution is 2.17. The minimum Gasteiger partial charge on any atom is -0.595 e. The fraction of sp³-hybridized carbons (Fsp3) is 0.111. The van der Waals surface area contributed by atoms with Gasteiger partial charge < -0.3 is 10.5 Å². The van der Waals surface area contributed by atoms with Crippen LogP contribution >= 0.6 is 24.4 Å². The number of para-hydroxylation sites is 1. The third-order valence-electron chi connectivity index (χ3n) is 3.96. The number of amides is 1. The molecule has 2 aromatic rings. The van der Waals surface area contributed by atoms with Crippen molar-refractivity contribution >= 4 is 63.3 Å². The predicted octanol–water partition coefficient (Wildman–Crippen LogP) is 2.03. The molecule has 12 heteroatoms. The largest absolute Gasteiger partial charge is 0.595 e. The first-order valence-electron chi connectivity index (χ1n) is 8.65. The number of hydrogen-bond donors (Lipinski definition) is 4. The molecule has 1 amide bonds. The third-order valence-corrected chi connectivity index (χ3v) is 4.43. The number of quaternary nitrogens is 1. The molecule has 154 valence electrons. The van der Waals surface area contributed by atoms with Gasteiger partial charge in [-0.3, -0.25) is 10.2 Å². The van der Waals surface area contributed by atoms with Crippen LogP contribution in [0.25, 0.3) is 0 Å². The number of carbonyl (C=O) groups is 1. The van der Waals surface area contributed by atoms with Gasteiger partial charge in [0, 0.05) is 17.8 Å². The van der Waals surface area contributed by atoms with E-state index in [4.69, 9.17) is 29.6 Å². The van der Waals surface area contributed by atoms with Crippen LogP contribution in [0.1, 0.15) is 6.92 Å². The summed E-state index contributed by atoms with van der Waals surface area (Å²) in [5.41, 5.74) is 4.37. The molecular formula is C18H17N7O3S2. The van der Waals surface area contributed by atoms with Crippen LogP contribution < -0.4 is 16.0 Å². The minimum absolute atomic E-state index is 0.00646. The van der Waals surface area contributed by atoms with Gasteiger partial charge in [0.1, 0.15) is 0 Å². The molecule has 0 spiro atoms. The van der Waals surface area contributed by atoms with Gasteiger partial charge in [0.2, 0.25) is 5.11 Å². The van der Waals surface area contributed by atoms with Crippen molar-refractivity contribution in [2.75, 3.05) is 5.32 Å². The Kier molecular flexibility index (Phi) is 6.87. The van der Waals surface area contributed by atoms with Crippen molar-refractivity contribution in [2.45, 2.75) is 13.0 Å². The number of hydrazine groups is 1. The van der Waals surface area contributed by atoms with Gasteiger partial charge in [0.25, 0.3) is 5.91 Å². The smallest absolute Gasteiger partial charge is 0.280 e. The molecule has 1 aliphatic rings. The zero-order valence-corrected chi connectivity index (χ0v) is 17.3. The van der Waals surface area contributed by atoms with Crippen molar-refractivity contribution in [1.29, 1.82) is 0 Å². The highest BCUT2D eigenvalue weighted by molar-refractivity contribution is 7.80. The summed E-state index contributed by atoms with van der Waals surface area (Å²) in [5.74, 6) is -0.490. The first-order chi connectivity index (χ1) is 14.3. The molecule has 0 fully saturated rings. The summed E-state index contributed by atoms with van der Waals surface area (Å²) >= 11 is 10.4. The molecule has 0 saturated heterocycles. The van der Waals surface area contributed by atoms with Gasteiger partial charge in [-0.15, -0.1) is 0 Å². The standard InChI is InChI=1S/C18H17N7O3S2/c1-11-15(22-21-13-7-9-14(10-8-13)25(27)28)16(26)24(18(30)19-11)23-17(29)20-12-5-3-2-4-6-12/h2-10,15,25,27H,1H3,(H2,20,23,29). The van der Waals surface area contributed by atoms with E-state index in [0.29, 0.717) is 11.4 Å². The van der Waals surface area contributed by atoms with E-state index in [1.165, 1.54) is 24.3 Å². The van der Waals surface area contributed by atoms with E-state index in [1.807, 2.05) is 30.3 Å². The highest BCUT2D eigenvalue weighted by Gasteiger charge is 2.34. The average molecular weight is 444 g/mol. The van der Waals surface area contributed by atoms with E-state index in [2.05, 4.69) is 26.0 Å². The van der Waals surface area contributed by atoms with Gasteiger partial charge in [0.05, 0.1) is 11.4 Å². The molecule has 2 atom stereocenters. The second kappa shape index (κ2) is 9.56. The van der Waals surface area contributed by atoms with Crippen LogP contribution in [0.2, 0.25) is 0 Å².